The molecule has 2 N–H and O–H groups in total. The average molecular weight is 298 g/mol. The molecule has 0 unspecified atom stereocenters. The second-order valence-corrected chi connectivity index (χ2v) is 6.37. The molecule has 0 spiro atoms. The molecular formula is C17H30O4. The van der Waals surface area contributed by atoms with Crippen LogP contribution in [0.5, 0.6) is 0 Å². The molecule has 0 rings (SSSR count). The Hall–Kier alpha value is -1.58. The van der Waals surface area contributed by atoms with Gasteiger partial charge in [0.25, 0.3) is 0 Å². The van der Waals surface area contributed by atoms with Crippen molar-refractivity contribution in [2.45, 2.75) is 66.2 Å². The molecule has 0 aliphatic rings. The number of carboxylic acid groups (broad SMARTS) is 2. The molecule has 0 fully saturated rings. The Labute approximate surface area is 128 Å². The molecule has 4 nitrogen and oxygen atoms in total. The van der Waals surface area contributed by atoms with E-state index in [2.05, 4.69) is 20.1 Å². The van der Waals surface area contributed by atoms with Gasteiger partial charge in [0.15, 0.2) is 0 Å². The van der Waals surface area contributed by atoms with Gasteiger partial charge in [-0.25, -0.2) is 9.59 Å². The quantitative estimate of drug-likeness (QED) is 0.505. The first-order valence-corrected chi connectivity index (χ1v) is 7.33. The fourth-order valence-corrected chi connectivity index (χ4v) is 1.59. The van der Waals surface area contributed by atoms with Gasteiger partial charge in [0.1, 0.15) is 0 Å². The molecule has 122 valence electrons. The highest BCUT2D eigenvalue weighted by Crippen LogP contribution is 2.22. The van der Waals surface area contributed by atoms with Gasteiger partial charge in [-0.1, -0.05) is 60.1 Å². The highest BCUT2D eigenvalue weighted by Gasteiger charge is 2.15. The summed E-state index contributed by atoms with van der Waals surface area (Å²) in [6.45, 7) is 15.0. The Bertz CT molecular complexity index is 361. The van der Waals surface area contributed by atoms with E-state index in [1.54, 1.807) is 0 Å². The van der Waals surface area contributed by atoms with E-state index in [9.17, 15) is 9.59 Å². The summed E-state index contributed by atoms with van der Waals surface area (Å²) in [6.07, 6.45) is 5.62. The summed E-state index contributed by atoms with van der Waals surface area (Å²) in [4.78, 5) is 20.5. The van der Waals surface area contributed by atoms with E-state index >= 15 is 0 Å². The zero-order valence-electron chi connectivity index (χ0n) is 13.9. The van der Waals surface area contributed by atoms with Crippen LogP contribution >= 0.6 is 0 Å². The minimum absolute atomic E-state index is 0.0233. The normalized spacial score (nSPS) is 10.3. The van der Waals surface area contributed by atoms with Crippen LogP contribution in [0.25, 0.3) is 0 Å². The van der Waals surface area contributed by atoms with Crippen molar-refractivity contribution < 1.29 is 19.8 Å². The molecule has 0 bridgehead atoms. The maximum Gasteiger partial charge on any atom is 0.330 e. The molecule has 0 aromatic rings. The first kappa shape index (κ1) is 21.7. The third kappa shape index (κ3) is 16.4. The van der Waals surface area contributed by atoms with E-state index in [0.29, 0.717) is 18.4 Å². The second kappa shape index (κ2) is 11.1. The van der Waals surface area contributed by atoms with Gasteiger partial charge >= 0.3 is 11.9 Å². The van der Waals surface area contributed by atoms with Crippen molar-refractivity contribution in [3.8, 4) is 0 Å². The van der Waals surface area contributed by atoms with E-state index in [-0.39, 0.29) is 11.0 Å². The lowest BCUT2D eigenvalue weighted by molar-refractivity contribution is -0.133. The molecule has 0 saturated heterocycles. The van der Waals surface area contributed by atoms with Gasteiger partial charge in [-0.2, -0.15) is 0 Å². The fourth-order valence-electron chi connectivity index (χ4n) is 1.59. The summed E-state index contributed by atoms with van der Waals surface area (Å²) in [6, 6.07) is 0. The van der Waals surface area contributed by atoms with Crippen LogP contribution in [0.3, 0.4) is 0 Å². The summed E-state index contributed by atoms with van der Waals surface area (Å²) >= 11 is 0. The third-order valence-electron chi connectivity index (χ3n) is 2.68. The predicted molar refractivity (Wildman–Crippen MR) is 86.4 cm³/mol. The first-order chi connectivity index (χ1) is 9.51. The maximum absolute atomic E-state index is 10.3. The molecule has 4 heteroatoms. The molecule has 0 aliphatic heterocycles. The Morgan fingerprint density at radius 2 is 1.38 bits per heavy atom. The maximum atomic E-state index is 10.3. The molecule has 21 heavy (non-hydrogen) atoms. The molecule has 0 aromatic carbocycles. The number of hydrogen-bond donors (Lipinski definition) is 2. The van der Waals surface area contributed by atoms with Gasteiger partial charge < -0.3 is 10.2 Å². The van der Waals surface area contributed by atoms with E-state index in [1.807, 2.05) is 20.8 Å². The lowest BCUT2D eigenvalue weighted by Crippen LogP contribution is -2.10. The molecule has 0 heterocycles. The first-order valence-electron chi connectivity index (χ1n) is 7.33. The highest BCUT2D eigenvalue weighted by molar-refractivity contribution is 5.86. The van der Waals surface area contributed by atoms with Gasteiger partial charge in [0, 0.05) is 11.1 Å². The topological polar surface area (TPSA) is 74.6 Å². The average Bonchev–Trinajstić information content (AvgIpc) is 2.32. The zero-order valence-corrected chi connectivity index (χ0v) is 13.9. The zero-order chi connectivity index (χ0) is 17.1. The minimum atomic E-state index is -0.894. The molecule has 0 radical (unpaired) electrons. The number of carbonyl (C=O) groups is 2. The summed E-state index contributed by atoms with van der Waals surface area (Å²) in [5.74, 6) is -1.75. The largest absolute Gasteiger partial charge is 0.478 e. The second-order valence-electron chi connectivity index (χ2n) is 6.37. The Morgan fingerprint density at radius 3 is 1.67 bits per heavy atom. The van der Waals surface area contributed by atoms with Crippen molar-refractivity contribution >= 4 is 11.9 Å². The van der Waals surface area contributed by atoms with E-state index in [4.69, 9.17) is 10.2 Å². The minimum Gasteiger partial charge on any atom is -0.478 e. The number of rotatable bonds is 8. The lowest BCUT2D eigenvalue weighted by atomic mass is 9.88. The highest BCUT2D eigenvalue weighted by atomic mass is 16.4. The van der Waals surface area contributed by atoms with Gasteiger partial charge in [-0.05, 0) is 24.7 Å². The summed E-state index contributed by atoms with van der Waals surface area (Å²) in [5.41, 5.74) is 0.642. The van der Waals surface area contributed by atoms with E-state index in [1.165, 1.54) is 12.8 Å². The van der Waals surface area contributed by atoms with Crippen LogP contribution in [0.2, 0.25) is 0 Å². The number of unbranched alkanes of at least 4 members (excludes halogenated alkanes) is 3. The van der Waals surface area contributed by atoms with Crippen LogP contribution in [0.1, 0.15) is 66.2 Å². The summed E-state index contributed by atoms with van der Waals surface area (Å²) in [7, 11) is 0. The van der Waals surface area contributed by atoms with Gasteiger partial charge in [0.2, 0.25) is 0 Å². The molecule has 0 aliphatic carbocycles. The van der Waals surface area contributed by atoms with E-state index in [0.717, 1.165) is 12.8 Å². The van der Waals surface area contributed by atoms with Crippen molar-refractivity contribution in [1.82, 2.24) is 0 Å². The monoisotopic (exact) mass is 298 g/mol. The van der Waals surface area contributed by atoms with Crippen LogP contribution in [0.15, 0.2) is 24.3 Å². The Morgan fingerprint density at radius 1 is 0.905 bits per heavy atom. The van der Waals surface area contributed by atoms with E-state index < -0.39 is 11.9 Å². The Balaban J connectivity index is 0. The Kier molecular flexibility index (Phi) is 11.5. The van der Waals surface area contributed by atoms with Crippen molar-refractivity contribution in [3.05, 3.63) is 24.3 Å². The predicted octanol–water partition coefficient (Wildman–Crippen LogP) is 4.66. The van der Waals surface area contributed by atoms with Crippen molar-refractivity contribution in [2.24, 2.45) is 5.41 Å². The molecule has 0 aromatic heterocycles. The van der Waals surface area contributed by atoms with Crippen molar-refractivity contribution in [3.63, 3.8) is 0 Å². The number of carboxylic acids is 2. The van der Waals surface area contributed by atoms with Crippen LogP contribution in [0.4, 0.5) is 0 Å². The summed E-state index contributed by atoms with van der Waals surface area (Å²) < 4.78 is 0. The van der Waals surface area contributed by atoms with Gasteiger partial charge in [-0.15, -0.1) is 0 Å². The van der Waals surface area contributed by atoms with Crippen LogP contribution in [0, 0.1) is 5.41 Å². The molecule has 0 amide bonds. The standard InChI is InChI=1S/C9H16O2.C8H14O2/c1-3-4-5-6-7-8(2)9(10)11;1-6(7(9)10)5-8(2,3)4/h2-7H2,1H3,(H,10,11);1,5H2,2-4H3,(H,9,10). The molecular weight excluding hydrogens is 268 g/mol. The molecule has 0 atom stereocenters. The number of hydrogen-bond acceptors (Lipinski definition) is 2. The van der Waals surface area contributed by atoms with Gasteiger partial charge in [0.05, 0.1) is 0 Å². The number of aliphatic carboxylic acids is 2. The van der Waals surface area contributed by atoms with Crippen LogP contribution in [-0.2, 0) is 9.59 Å². The fraction of sp³-hybridized carbons (Fsp3) is 0.647. The van der Waals surface area contributed by atoms with Crippen LogP contribution in [-0.4, -0.2) is 22.2 Å². The summed E-state index contributed by atoms with van der Waals surface area (Å²) in [5, 5.41) is 16.9. The van der Waals surface area contributed by atoms with Crippen LogP contribution < -0.4 is 0 Å². The van der Waals surface area contributed by atoms with Crippen molar-refractivity contribution in [2.75, 3.05) is 0 Å². The van der Waals surface area contributed by atoms with Crippen molar-refractivity contribution in [1.29, 1.82) is 0 Å². The molecule has 0 saturated carbocycles. The van der Waals surface area contributed by atoms with Gasteiger partial charge in [-0.3, -0.25) is 0 Å². The lowest BCUT2D eigenvalue weighted by Gasteiger charge is -2.17. The third-order valence-corrected chi connectivity index (χ3v) is 2.68. The smallest absolute Gasteiger partial charge is 0.330 e. The SMILES string of the molecule is C=C(CC(C)(C)C)C(=O)O.C=C(CCCCCC)C(=O)O.